The fraction of sp³-hybridized carbons (Fsp3) is 0.435. The second kappa shape index (κ2) is 10.4. The molecule has 3 aromatic rings. The molecule has 1 aromatic carbocycles. The minimum atomic E-state index is 0. The Labute approximate surface area is 195 Å². The van der Waals surface area contributed by atoms with Crippen LogP contribution in [0.5, 0.6) is 0 Å². The van der Waals surface area contributed by atoms with Crippen molar-refractivity contribution in [3.05, 3.63) is 60.0 Å². The Morgan fingerprint density at radius 2 is 1.97 bits per heavy atom. The van der Waals surface area contributed by atoms with Gasteiger partial charge < -0.3 is 14.8 Å². The van der Waals surface area contributed by atoms with Gasteiger partial charge in [-0.25, -0.2) is 9.97 Å². The molecule has 6 nitrogen and oxygen atoms in total. The highest BCUT2D eigenvalue weighted by molar-refractivity contribution is 5.96. The molecule has 2 aliphatic rings. The van der Waals surface area contributed by atoms with Crippen LogP contribution < -0.4 is 5.32 Å². The summed E-state index contributed by atoms with van der Waals surface area (Å²) >= 11 is 0. The Hall–Kier alpha value is -2.15. The minimum absolute atomic E-state index is 0. The van der Waals surface area contributed by atoms with Gasteiger partial charge >= 0.3 is 0 Å². The second-order valence-electron chi connectivity index (χ2n) is 8.24. The van der Waals surface area contributed by atoms with Crippen molar-refractivity contribution in [2.75, 3.05) is 19.6 Å². The molecule has 0 radical (unpaired) electrons. The van der Waals surface area contributed by atoms with Gasteiger partial charge in [0.25, 0.3) is 5.91 Å². The third-order valence-electron chi connectivity index (χ3n) is 6.37. The van der Waals surface area contributed by atoms with E-state index in [4.69, 9.17) is 0 Å². The van der Waals surface area contributed by atoms with Crippen molar-refractivity contribution in [2.24, 2.45) is 5.92 Å². The smallest absolute Gasteiger partial charge is 0.255 e. The van der Waals surface area contributed by atoms with Gasteiger partial charge in [0.2, 0.25) is 0 Å². The maximum Gasteiger partial charge on any atom is 0.255 e. The van der Waals surface area contributed by atoms with Crippen LogP contribution in [0.1, 0.15) is 35.2 Å². The first-order valence-corrected chi connectivity index (χ1v) is 10.7. The summed E-state index contributed by atoms with van der Waals surface area (Å²) in [6.07, 6.45) is 7.94. The third-order valence-corrected chi connectivity index (χ3v) is 6.37. The highest BCUT2D eigenvalue weighted by Crippen LogP contribution is 2.26. The molecule has 2 atom stereocenters. The number of carbonyl (C=O) groups excluding carboxylic acids is 1. The van der Waals surface area contributed by atoms with Crippen LogP contribution in [0.25, 0.3) is 11.2 Å². The van der Waals surface area contributed by atoms with E-state index in [0.717, 1.165) is 50.2 Å². The van der Waals surface area contributed by atoms with E-state index in [1.165, 1.54) is 18.4 Å². The Balaban J connectivity index is 0.00000136. The number of hydrogen-bond donors (Lipinski definition) is 1. The van der Waals surface area contributed by atoms with Crippen LogP contribution in [-0.2, 0) is 13.0 Å². The molecule has 31 heavy (non-hydrogen) atoms. The summed E-state index contributed by atoms with van der Waals surface area (Å²) in [6, 6.07) is 12.9. The lowest BCUT2D eigenvalue weighted by Gasteiger charge is -2.41. The zero-order chi connectivity index (χ0) is 19.6. The fourth-order valence-corrected chi connectivity index (χ4v) is 4.74. The van der Waals surface area contributed by atoms with Gasteiger partial charge in [0.05, 0.1) is 11.9 Å². The molecule has 0 aliphatic carbocycles. The summed E-state index contributed by atoms with van der Waals surface area (Å²) in [5, 5.41) is 3.61. The van der Waals surface area contributed by atoms with E-state index in [-0.39, 0.29) is 30.7 Å². The number of carbonyl (C=O) groups is 1. The number of rotatable bonds is 4. The summed E-state index contributed by atoms with van der Waals surface area (Å²) in [7, 11) is 0. The van der Waals surface area contributed by atoms with Crippen LogP contribution in [0, 0.1) is 5.92 Å². The van der Waals surface area contributed by atoms with Crippen LogP contribution >= 0.6 is 24.8 Å². The van der Waals surface area contributed by atoms with Gasteiger partial charge in [0.1, 0.15) is 5.52 Å². The molecule has 4 heterocycles. The molecule has 166 valence electrons. The van der Waals surface area contributed by atoms with Crippen LogP contribution in [0.4, 0.5) is 0 Å². The van der Waals surface area contributed by atoms with Gasteiger partial charge in [0.15, 0.2) is 5.65 Å². The standard InChI is InChI=1S/C23H27N5O.2ClH/c29-23(27-12-9-20-18(15-27)7-4-10-24-20)19-13-21-22(25-14-19)28(16-26-21)11-8-17-5-2-1-3-6-17;;/h1-3,5-6,13-14,16,18,20,24H,4,7-12,15H2;2*1H/t18-,20+;;/m1../s1. The van der Waals surface area contributed by atoms with Crippen molar-refractivity contribution < 1.29 is 4.79 Å². The maximum absolute atomic E-state index is 13.1. The van der Waals surface area contributed by atoms with E-state index in [1.807, 2.05) is 23.4 Å². The average molecular weight is 462 g/mol. The van der Waals surface area contributed by atoms with E-state index >= 15 is 0 Å². The minimum Gasteiger partial charge on any atom is -0.338 e. The van der Waals surface area contributed by atoms with Crippen molar-refractivity contribution >= 4 is 41.9 Å². The number of fused-ring (bicyclic) bond motifs is 2. The Morgan fingerprint density at radius 3 is 2.81 bits per heavy atom. The zero-order valence-electron chi connectivity index (χ0n) is 17.4. The fourth-order valence-electron chi connectivity index (χ4n) is 4.74. The summed E-state index contributed by atoms with van der Waals surface area (Å²) in [5.41, 5.74) is 3.57. The molecule has 2 saturated heterocycles. The molecule has 1 amide bonds. The van der Waals surface area contributed by atoms with Gasteiger partial charge in [-0.15, -0.1) is 24.8 Å². The lowest BCUT2D eigenvalue weighted by molar-refractivity contribution is 0.0592. The number of benzene rings is 1. The van der Waals surface area contributed by atoms with Crippen molar-refractivity contribution in [2.45, 2.75) is 38.3 Å². The number of likely N-dealkylation sites (tertiary alicyclic amines) is 1. The summed E-state index contributed by atoms with van der Waals surface area (Å²) in [4.78, 5) is 24.2. The summed E-state index contributed by atoms with van der Waals surface area (Å²) in [5.74, 6) is 0.664. The third kappa shape index (κ3) is 5.03. The van der Waals surface area contributed by atoms with Gasteiger partial charge in [-0.2, -0.15) is 0 Å². The molecule has 2 aromatic heterocycles. The number of nitrogens with one attached hydrogen (secondary N) is 1. The number of nitrogens with zero attached hydrogens (tertiary/aromatic N) is 4. The Morgan fingerprint density at radius 1 is 1.13 bits per heavy atom. The van der Waals surface area contributed by atoms with E-state index in [9.17, 15) is 4.79 Å². The van der Waals surface area contributed by atoms with Crippen molar-refractivity contribution in [1.82, 2.24) is 24.8 Å². The molecule has 2 aliphatic heterocycles. The first-order chi connectivity index (χ1) is 14.3. The molecule has 0 unspecified atom stereocenters. The molecule has 8 heteroatoms. The van der Waals surface area contributed by atoms with Crippen LogP contribution in [0.15, 0.2) is 48.9 Å². The second-order valence-corrected chi connectivity index (χ2v) is 8.24. The lowest BCUT2D eigenvalue weighted by atomic mass is 9.85. The quantitative estimate of drug-likeness (QED) is 0.642. The van der Waals surface area contributed by atoms with Crippen LogP contribution in [-0.4, -0.2) is 51.0 Å². The summed E-state index contributed by atoms with van der Waals surface area (Å²) in [6.45, 7) is 3.60. The number of pyridine rings is 1. The van der Waals surface area contributed by atoms with Gasteiger partial charge in [-0.05, 0) is 49.8 Å². The molecule has 0 spiro atoms. The Bertz CT molecular complexity index is 1010. The highest BCUT2D eigenvalue weighted by atomic mass is 35.5. The predicted octanol–water partition coefficient (Wildman–Crippen LogP) is 3.73. The summed E-state index contributed by atoms with van der Waals surface area (Å²) < 4.78 is 2.07. The SMILES string of the molecule is Cl.Cl.O=C(c1cnc2c(c1)ncn2CCc1ccccc1)N1CC[C@@H]2NCCC[C@@H]2C1. The van der Waals surface area contributed by atoms with Crippen LogP contribution in [0.3, 0.4) is 0 Å². The van der Waals surface area contributed by atoms with E-state index in [1.54, 1.807) is 6.20 Å². The monoisotopic (exact) mass is 461 g/mol. The van der Waals surface area contributed by atoms with E-state index in [0.29, 0.717) is 17.5 Å². The number of halogens is 2. The first-order valence-electron chi connectivity index (χ1n) is 10.7. The van der Waals surface area contributed by atoms with Gasteiger partial charge in [0, 0.05) is 31.9 Å². The van der Waals surface area contributed by atoms with Gasteiger partial charge in [-0.3, -0.25) is 4.79 Å². The lowest BCUT2D eigenvalue weighted by Crippen LogP contribution is -2.53. The molecular formula is C23H29Cl2N5O. The van der Waals surface area contributed by atoms with E-state index in [2.05, 4.69) is 44.1 Å². The molecular weight excluding hydrogens is 433 g/mol. The first kappa shape index (κ1) is 23.5. The number of piperidine rings is 2. The number of aryl methyl sites for hydroxylation is 2. The van der Waals surface area contributed by atoms with Crippen molar-refractivity contribution in [1.29, 1.82) is 0 Å². The van der Waals surface area contributed by atoms with Crippen molar-refractivity contribution in [3.8, 4) is 0 Å². The van der Waals surface area contributed by atoms with E-state index < -0.39 is 0 Å². The van der Waals surface area contributed by atoms with Crippen molar-refractivity contribution in [3.63, 3.8) is 0 Å². The van der Waals surface area contributed by atoms with Gasteiger partial charge in [-0.1, -0.05) is 30.3 Å². The molecule has 0 saturated carbocycles. The molecule has 5 rings (SSSR count). The normalized spacial score (nSPS) is 20.5. The zero-order valence-corrected chi connectivity index (χ0v) is 19.1. The molecule has 2 fully saturated rings. The average Bonchev–Trinajstić information content (AvgIpc) is 3.20. The highest BCUT2D eigenvalue weighted by Gasteiger charge is 2.33. The number of aromatic nitrogens is 3. The molecule has 1 N–H and O–H groups in total. The number of imidazole rings is 1. The number of amides is 1. The molecule has 0 bridgehead atoms. The Kier molecular flexibility index (Phi) is 7.92. The van der Waals surface area contributed by atoms with Crippen LogP contribution in [0.2, 0.25) is 0 Å². The largest absolute Gasteiger partial charge is 0.338 e. The predicted molar refractivity (Wildman–Crippen MR) is 127 cm³/mol. The number of hydrogen-bond acceptors (Lipinski definition) is 4. The topological polar surface area (TPSA) is 63.1 Å². The maximum atomic E-state index is 13.1.